The normalized spacial score (nSPS) is 17.1. The average molecular weight is 262 g/mol. The van der Waals surface area contributed by atoms with E-state index in [1.54, 1.807) is 18.2 Å². The SMILES string of the molecule is CC1(CNC(=O)COc2cccc(N)c2)CCCC1. The molecular formula is C15H22N2O2. The first-order valence-corrected chi connectivity index (χ1v) is 6.82. The van der Waals surface area contributed by atoms with Gasteiger partial charge in [0.05, 0.1) is 0 Å². The highest BCUT2D eigenvalue weighted by Gasteiger charge is 2.28. The molecule has 104 valence electrons. The maximum Gasteiger partial charge on any atom is 0.257 e. The molecule has 2 rings (SSSR count). The van der Waals surface area contributed by atoms with Crippen molar-refractivity contribution in [2.45, 2.75) is 32.6 Å². The van der Waals surface area contributed by atoms with Gasteiger partial charge in [-0.05, 0) is 30.4 Å². The molecule has 1 aliphatic rings. The van der Waals surface area contributed by atoms with Crippen LogP contribution >= 0.6 is 0 Å². The highest BCUT2D eigenvalue weighted by atomic mass is 16.5. The Bertz CT molecular complexity index is 440. The molecule has 1 saturated carbocycles. The van der Waals surface area contributed by atoms with Crippen molar-refractivity contribution in [1.82, 2.24) is 5.32 Å². The second kappa shape index (κ2) is 5.95. The topological polar surface area (TPSA) is 64.3 Å². The zero-order chi connectivity index (χ0) is 13.7. The lowest BCUT2D eigenvalue weighted by molar-refractivity contribution is -0.123. The van der Waals surface area contributed by atoms with Crippen LogP contribution in [0, 0.1) is 5.41 Å². The van der Waals surface area contributed by atoms with Gasteiger partial charge in [0, 0.05) is 18.3 Å². The number of ether oxygens (including phenoxy) is 1. The summed E-state index contributed by atoms with van der Waals surface area (Å²) in [5.41, 5.74) is 6.55. The van der Waals surface area contributed by atoms with E-state index >= 15 is 0 Å². The van der Waals surface area contributed by atoms with Gasteiger partial charge in [-0.3, -0.25) is 4.79 Å². The van der Waals surface area contributed by atoms with Gasteiger partial charge in [0.25, 0.3) is 5.91 Å². The van der Waals surface area contributed by atoms with Crippen LogP contribution in [0.2, 0.25) is 0 Å². The molecule has 1 aromatic carbocycles. The number of carbonyl (C=O) groups is 1. The fourth-order valence-corrected chi connectivity index (χ4v) is 2.52. The molecule has 0 aliphatic heterocycles. The first-order chi connectivity index (χ1) is 9.07. The monoisotopic (exact) mass is 262 g/mol. The summed E-state index contributed by atoms with van der Waals surface area (Å²) < 4.78 is 5.40. The van der Waals surface area contributed by atoms with Gasteiger partial charge in [0.1, 0.15) is 5.75 Å². The number of amides is 1. The lowest BCUT2D eigenvalue weighted by atomic mass is 9.89. The molecule has 0 radical (unpaired) electrons. The van der Waals surface area contributed by atoms with Crippen molar-refractivity contribution in [2.75, 3.05) is 18.9 Å². The van der Waals surface area contributed by atoms with Crippen molar-refractivity contribution in [2.24, 2.45) is 5.41 Å². The van der Waals surface area contributed by atoms with Crippen LogP contribution < -0.4 is 15.8 Å². The van der Waals surface area contributed by atoms with Crippen LogP contribution in [0.1, 0.15) is 32.6 Å². The predicted molar refractivity (Wildman–Crippen MR) is 75.9 cm³/mol. The first-order valence-electron chi connectivity index (χ1n) is 6.82. The number of hydrogen-bond acceptors (Lipinski definition) is 3. The number of nitrogens with one attached hydrogen (secondary N) is 1. The van der Waals surface area contributed by atoms with Crippen molar-refractivity contribution in [1.29, 1.82) is 0 Å². The van der Waals surface area contributed by atoms with Crippen LogP contribution in [-0.2, 0) is 4.79 Å². The molecule has 0 atom stereocenters. The van der Waals surface area contributed by atoms with Crippen molar-refractivity contribution in [3.8, 4) is 5.75 Å². The molecule has 1 amide bonds. The van der Waals surface area contributed by atoms with E-state index in [0.29, 0.717) is 11.4 Å². The van der Waals surface area contributed by atoms with Crippen molar-refractivity contribution < 1.29 is 9.53 Å². The van der Waals surface area contributed by atoms with E-state index < -0.39 is 0 Å². The fraction of sp³-hybridized carbons (Fsp3) is 0.533. The Balaban J connectivity index is 1.73. The number of hydrogen-bond donors (Lipinski definition) is 2. The molecule has 0 saturated heterocycles. The fourth-order valence-electron chi connectivity index (χ4n) is 2.52. The van der Waals surface area contributed by atoms with Crippen molar-refractivity contribution in [3.05, 3.63) is 24.3 Å². The predicted octanol–water partition coefficient (Wildman–Crippen LogP) is 2.34. The van der Waals surface area contributed by atoms with Gasteiger partial charge in [-0.2, -0.15) is 0 Å². The molecular weight excluding hydrogens is 240 g/mol. The third kappa shape index (κ3) is 4.16. The molecule has 0 heterocycles. The molecule has 4 nitrogen and oxygen atoms in total. The van der Waals surface area contributed by atoms with E-state index in [9.17, 15) is 4.79 Å². The lowest BCUT2D eigenvalue weighted by Crippen LogP contribution is -2.36. The van der Waals surface area contributed by atoms with E-state index in [0.717, 1.165) is 6.54 Å². The molecule has 4 heteroatoms. The standard InChI is InChI=1S/C15H22N2O2/c1-15(7-2-3-8-15)11-17-14(18)10-19-13-6-4-5-12(16)9-13/h4-6,9H,2-3,7-8,10-11,16H2,1H3,(H,17,18). The molecule has 1 aliphatic carbocycles. The Hall–Kier alpha value is -1.71. The van der Waals surface area contributed by atoms with Crippen molar-refractivity contribution in [3.63, 3.8) is 0 Å². The summed E-state index contributed by atoms with van der Waals surface area (Å²) >= 11 is 0. The smallest absolute Gasteiger partial charge is 0.257 e. The van der Waals surface area contributed by atoms with Crippen LogP contribution in [-0.4, -0.2) is 19.1 Å². The van der Waals surface area contributed by atoms with Gasteiger partial charge in [-0.25, -0.2) is 0 Å². The van der Waals surface area contributed by atoms with E-state index in [-0.39, 0.29) is 17.9 Å². The largest absolute Gasteiger partial charge is 0.484 e. The zero-order valence-electron chi connectivity index (χ0n) is 11.4. The summed E-state index contributed by atoms with van der Waals surface area (Å²) in [6.07, 6.45) is 4.94. The second-order valence-electron chi connectivity index (χ2n) is 5.66. The van der Waals surface area contributed by atoms with Gasteiger partial charge >= 0.3 is 0 Å². The van der Waals surface area contributed by atoms with Gasteiger partial charge in [0.2, 0.25) is 0 Å². The molecule has 1 fully saturated rings. The van der Waals surface area contributed by atoms with E-state index in [4.69, 9.17) is 10.5 Å². The molecule has 19 heavy (non-hydrogen) atoms. The number of nitrogen functional groups attached to an aromatic ring is 1. The Labute approximate surface area is 114 Å². The van der Waals surface area contributed by atoms with E-state index in [2.05, 4.69) is 12.2 Å². The third-order valence-corrected chi connectivity index (χ3v) is 3.75. The molecule has 0 bridgehead atoms. The summed E-state index contributed by atoms with van der Waals surface area (Å²) in [4.78, 5) is 11.7. The minimum absolute atomic E-state index is 0.0412. The Morgan fingerprint density at radius 2 is 2.16 bits per heavy atom. The van der Waals surface area contributed by atoms with Crippen LogP contribution in [0.15, 0.2) is 24.3 Å². The molecule has 1 aromatic rings. The summed E-state index contributed by atoms with van der Waals surface area (Å²) in [6, 6.07) is 7.10. The summed E-state index contributed by atoms with van der Waals surface area (Å²) in [5, 5.41) is 2.95. The van der Waals surface area contributed by atoms with Crippen LogP contribution in [0.5, 0.6) is 5.75 Å². The maximum atomic E-state index is 11.7. The van der Waals surface area contributed by atoms with Gasteiger partial charge in [-0.15, -0.1) is 0 Å². The quantitative estimate of drug-likeness (QED) is 0.801. The van der Waals surface area contributed by atoms with Gasteiger partial charge < -0.3 is 15.8 Å². The summed E-state index contributed by atoms with van der Waals surface area (Å²) in [5.74, 6) is 0.553. The maximum absolute atomic E-state index is 11.7. The molecule has 0 unspecified atom stereocenters. The first kappa shape index (κ1) is 13.7. The highest BCUT2D eigenvalue weighted by Crippen LogP contribution is 2.36. The van der Waals surface area contributed by atoms with Crippen molar-refractivity contribution >= 4 is 11.6 Å². The Kier molecular flexibility index (Phi) is 4.30. The number of rotatable bonds is 5. The number of nitrogens with two attached hydrogens (primary N) is 1. The van der Waals surface area contributed by atoms with Gasteiger partial charge in [-0.1, -0.05) is 25.8 Å². The second-order valence-corrected chi connectivity index (χ2v) is 5.66. The van der Waals surface area contributed by atoms with E-state index in [1.165, 1.54) is 25.7 Å². The molecule has 3 N–H and O–H groups in total. The Morgan fingerprint density at radius 1 is 1.42 bits per heavy atom. The molecule has 0 spiro atoms. The summed E-state index contributed by atoms with van der Waals surface area (Å²) in [7, 11) is 0. The van der Waals surface area contributed by atoms with Crippen LogP contribution in [0.25, 0.3) is 0 Å². The number of benzene rings is 1. The minimum Gasteiger partial charge on any atom is -0.484 e. The number of carbonyl (C=O) groups excluding carboxylic acids is 1. The number of anilines is 1. The average Bonchev–Trinajstić information content (AvgIpc) is 2.82. The Morgan fingerprint density at radius 3 is 2.84 bits per heavy atom. The minimum atomic E-state index is -0.0736. The van der Waals surface area contributed by atoms with E-state index in [1.807, 2.05) is 6.07 Å². The zero-order valence-corrected chi connectivity index (χ0v) is 11.4. The lowest BCUT2D eigenvalue weighted by Gasteiger charge is -2.23. The highest BCUT2D eigenvalue weighted by molar-refractivity contribution is 5.77. The van der Waals surface area contributed by atoms with Crippen LogP contribution in [0.3, 0.4) is 0 Å². The summed E-state index contributed by atoms with van der Waals surface area (Å²) in [6.45, 7) is 3.02. The third-order valence-electron chi connectivity index (χ3n) is 3.75. The van der Waals surface area contributed by atoms with Gasteiger partial charge in [0.15, 0.2) is 6.61 Å². The van der Waals surface area contributed by atoms with Crippen LogP contribution in [0.4, 0.5) is 5.69 Å². The molecule has 0 aromatic heterocycles.